The van der Waals surface area contributed by atoms with Gasteiger partial charge in [0, 0.05) is 17.1 Å². The minimum absolute atomic E-state index is 0.649. The molecule has 0 aliphatic rings. The van der Waals surface area contributed by atoms with Crippen molar-refractivity contribution in [3.8, 4) is 21.7 Å². The van der Waals surface area contributed by atoms with E-state index < -0.39 is 5.54 Å². The van der Waals surface area contributed by atoms with Crippen LogP contribution in [0.25, 0.3) is 32.6 Å². The highest BCUT2D eigenvalue weighted by Crippen LogP contribution is 2.41. The van der Waals surface area contributed by atoms with Crippen LogP contribution >= 0.6 is 11.3 Å². The van der Waals surface area contributed by atoms with Crippen molar-refractivity contribution in [3.63, 3.8) is 0 Å². The molecule has 0 fully saturated rings. The first-order valence-corrected chi connectivity index (χ1v) is 13.7. The zero-order valence-corrected chi connectivity index (χ0v) is 21.9. The normalized spacial score (nSPS) is 11.6. The van der Waals surface area contributed by atoms with Crippen LogP contribution in [0.3, 0.4) is 0 Å². The summed E-state index contributed by atoms with van der Waals surface area (Å²) in [5.41, 5.74) is 6.77. The zero-order valence-electron chi connectivity index (χ0n) is 21.1. The Kier molecular flexibility index (Phi) is 5.83. The van der Waals surface area contributed by atoms with Crippen LogP contribution in [-0.2, 0) is 5.54 Å². The van der Waals surface area contributed by atoms with Crippen LogP contribution in [0.1, 0.15) is 16.7 Å². The van der Waals surface area contributed by atoms with Crippen molar-refractivity contribution < 1.29 is 0 Å². The average molecular weight is 521 g/mol. The quantitative estimate of drug-likeness (QED) is 0.208. The first-order valence-electron chi connectivity index (χ1n) is 12.8. The zero-order chi connectivity index (χ0) is 26.1. The second kappa shape index (κ2) is 9.78. The van der Waals surface area contributed by atoms with Gasteiger partial charge in [-0.2, -0.15) is 5.10 Å². The summed E-state index contributed by atoms with van der Waals surface area (Å²) in [6, 6.07) is 42.3. The maximum absolute atomic E-state index is 5.03. The number of aromatic nitrogens is 4. The van der Waals surface area contributed by atoms with Gasteiger partial charge in [0.15, 0.2) is 0 Å². The van der Waals surface area contributed by atoms with Crippen molar-refractivity contribution >= 4 is 22.2 Å². The van der Waals surface area contributed by atoms with Crippen LogP contribution < -0.4 is 0 Å². The molecular weight excluding hydrogens is 496 g/mol. The monoisotopic (exact) mass is 520 g/mol. The molecule has 0 N–H and O–H groups in total. The highest BCUT2D eigenvalue weighted by Gasteiger charge is 2.39. The molecule has 4 aromatic carbocycles. The maximum Gasteiger partial charge on any atom is 0.138 e. The predicted octanol–water partition coefficient (Wildman–Crippen LogP) is 8.06. The summed E-state index contributed by atoms with van der Waals surface area (Å²) in [6.45, 7) is 0. The third-order valence-electron chi connectivity index (χ3n) is 7.22. The Hall–Kier alpha value is -4.87. The fourth-order valence-corrected chi connectivity index (χ4v) is 6.17. The Labute approximate surface area is 230 Å². The second-order valence-corrected chi connectivity index (χ2v) is 10.4. The molecule has 3 aromatic heterocycles. The van der Waals surface area contributed by atoms with Crippen LogP contribution in [0, 0.1) is 0 Å². The number of thiophene rings is 1. The van der Waals surface area contributed by atoms with E-state index in [2.05, 4.69) is 148 Å². The van der Waals surface area contributed by atoms with Crippen LogP contribution in [0.2, 0.25) is 0 Å². The number of rotatable bonds is 6. The Balaban J connectivity index is 1.44. The van der Waals surface area contributed by atoms with Crippen molar-refractivity contribution in [1.82, 2.24) is 19.7 Å². The average Bonchev–Trinajstić information content (AvgIpc) is 3.73. The molecule has 0 amide bonds. The molecule has 0 bridgehead atoms. The van der Waals surface area contributed by atoms with Crippen molar-refractivity contribution in [3.05, 3.63) is 162 Å². The smallest absolute Gasteiger partial charge is 0.138 e. The molecule has 4 nitrogen and oxygen atoms in total. The van der Waals surface area contributed by atoms with Gasteiger partial charge in [0.25, 0.3) is 0 Å². The van der Waals surface area contributed by atoms with E-state index in [1.807, 2.05) is 6.20 Å². The van der Waals surface area contributed by atoms with E-state index in [0.29, 0.717) is 0 Å². The summed E-state index contributed by atoms with van der Waals surface area (Å²) >= 11 is 1.69. The lowest BCUT2D eigenvalue weighted by molar-refractivity contribution is 0.460. The van der Waals surface area contributed by atoms with Gasteiger partial charge in [0.1, 0.15) is 11.9 Å². The van der Waals surface area contributed by atoms with E-state index in [9.17, 15) is 0 Å². The molecule has 0 saturated heterocycles. The molecule has 7 rings (SSSR count). The summed E-state index contributed by atoms with van der Waals surface area (Å²) in [6.07, 6.45) is 5.76. The third-order valence-corrected chi connectivity index (χ3v) is 8.10. The Bertz CT molecular complexity index is 1750. The summed E-state index contributed by atoms with van der Waals surface area (Å²) in [5, 5.41) is 8.14. The molecule has 0 unspecified atom stereocenters. The molecule has 39 heavy (non-hydrogen) atoms. The Morgan fingerprint density at radius 2 is 1.26 bits per heavy atom. The predicted molar refractivity (Wildman–Crippen MR) is 159 cm³/mol. The van der Waals surface area contributed by atoms with Crippen molar-refractivity contribution in [2.45, 2.75) is 5.54 Å². The minimum atomic E-state index is -0.649. The van der Waals surface area contributed by atoms with E-state index in [-0.39, 0.29) is 0 Å². The van der Waals surface area contributed by atoms with Crippen LogP contribution in [0.4, 0.5) is 0 Å². The number of fused-ring (bicyclic) bond motifs is 1. The largest absolute Gasteiger partial charge is 0.252 e. The van der Waals surface area contributed by atoms with Crippen LogP contribution in [0.15, 0.2) is 145 Å². The number of benzene rings is 4. The van der Waals surface area contributed by atoms with E-state index >= 15 is 0 Å². The van der Waals surface area contributed by atoms with E-state index in [4.69, 9.17) is 5.10 Å². The van der Waals surface area contributed by atoms with Crippen molar-refractivity contribution in [1.29, 1.82) is 0 Å². The Morgan fingerprint density at radius 3 is 1.85 bits per heavy atom. The molecule has 0 atom stereocenters. The maximum atomic E-state index is 5.03. The lowest BCUT2D eigenvalue weighted by Gasteiger charge is -2.36. The van der Waals surface area contributed by atoms with Gasteiger partial charge in [-0.25, -0.2) is 9.97 Å². The first-order chi connectivity index (χ1) is 19.3. The lowest BCUT2D eigenvalue weighted by atomic mass is 9.77. The van der Waals surface area contributed by atoms with Gasteiger partial charge in [-0.15, -0.1) is 11.3 Å². The molecule has 5 heteroatoms. The summed E-state index contributed by atoms with van der Waals surface area (Å²) in [7, 11) is 0. The number of hydrogen-bond donors (Lipinski definition) is 0. The molecular formula is C34H24N4S. The van der Waals surface area contributed by atoms with E-state index in [1.54, 1.807) is 17.7 Å². The van der Waals surface area contributed by atoms with E-state index in [1.165, 1.54) is 0 Å². The third kappa shape index (κ3) is 3.95. The molecule has 3 heterocycles. The standard InChI is InChI=1S/C34H24N4S/c1-4-11-27(12-5-1)34(28-13-6-2-7-14-28,29-15-8-3-9-16-29)38-23-26(22-37-38)25-18-19-31-30(21-25)33(36-24-35-31)32-17-10-20-39-32/h1-24H. The van der Waals surface area contributed by atoms with Gasteiger partial charge in [-0.1, -0.05) is 103 Å². The van der Waals surface area contributed by atoms with Crippen molar-refractivity contribution in [2.24, 2.45) is 0 Å². The molecule has 7 aromatic rings. The number of hydrogen-bond acceptors (Lipinski definition) is 4. The van der Waals surface area contributed by atoms with Gasteiger partial charge in [0.05, 0.1) is 22.3 Å². The molecule has 0 aliphatic carbocycles. The summed E-state index contributed by atoms with van der Waals surface area (Å²) < 4.78 is 2.11. The van der Waals surface area contributed by atoms with Gasteiger partial charge in [-0.3, -0.25) is 4.68 Å². The summed E-state index contributed by atoms with van der Waals surface area (Å²) in [5.74, 6) is 0. The van der Waals surface area contributed by atoms with E-state index in [0.717, 1.165) is 49.3 Å². The minimum Gasteiger partial charge on any atom is -0.252 e. The van der Waals surface area contributed by atoms with Crippen LogP contribution in [0.5, 0.6) is 0 Å². The lowest BCUT2D eigenvalue weighted by Crippen LogP contribution is -2.38. The highest BCUT2D eigenvalue weighted by molar-refractivity contribution is 7.13. The van der Waals surface area contributed by atoms with Gasteiger partial charge in [-0.05, 0) is 45.8 Å². The Morgan fingerprint density at radius 1 is 0.615 bits per heavy atom. The van der Waals surface area contributed by atoms with Gasteiger partial charge < -0.3 is 0 Å². The fourth-order valence-electron chi connectivity index (χ4n) is 5.44. The van der Waals surface area contributed by atoms with Gasteiger partial charge in [0.2, 0.25) is 0 Å². The molecule has 0 radical (unpaired) electrons. The number of nitrogens with zero attached hydrogens (tertiary/aromatic N) is 4. The summed E-state index contributed by atoms with van der Waals surface area (Å²) in [4.78, 5) is 10.3. The SMILES string of the molecule is c1ccc(C(c2ccccc2)(c2ccccc2)n2cc(-c3ccc4ncnc(-c5cccs5)c4c3)cn2)cc1. The highest BCUT2D eigenvalue weighted by atomic mass is 32.1. The first kappa shape index (κ1) is 23.3. The fraction of sp³-hybridized carbons (Fsp3) is 0.0294. The molecule has 0 aliphatic heterocycles. The topological polar surface area (TPSA) is 43.6 Å². The second-order valence-electron chi connectivity index (χ2n) is 9.41. The molecule has 0 saturated carbocycles. The van der Waals surface area contributed by atoms with Crippen molar-refractivity contribution in [2.75, 3.05) is 0 Å². The van der Waals surface area contributed by atoms with Gasteiger partial charge >= 0.3 is 0 Å². The molecule has 186 valence electrons. The molecule has 0 spiro atoms. The van der Waals surface area contributed by atoms with Crippen LogP contribution in [-0.4, -0.2) is 19.7 Å².